The second kappa shape index (κ2) is 7.58. The molecule has 1 saturated heterocycles. The number of hydrogen-bond donors (Lipinski definition) is 1. The number of hydrogen-bond acceptors (Lipinski definition) is 4. The van der Waals surface area contributed by atoms with Crippen LogP contribution in [0, 0.1) is 0 Å². The first kappa shape index (κ1) is 15.2. The van der Waals surface area contributed by atoms with Crippen molar-refractivity contribution in [2.75, 3.05) is 18.6 Å². The molecule has 0 aliphatic carbocycles. The van der Waals surface area contributed by atoms with Crippen molar-refractivity contribution in [3.05, 3.63) is 20.8 Å². The molecule has 2 heterocycles. The van der Waals surface area contributed by atoms with Gasteiger partial charge < -0.3 is 5.32 Å². The Bertz CT molecular complexity index is 369. The van der Waals surface area contributed by atoms with Crippen LogP contribution < -0.4 is 5.32 Å². The summed E-state index contributed by atoms with van der Waals surface area (Å²) in [6.07, 6.45) is 2.44. The van der Waals surface area contributed by atoms with Crippen molar-refractivity contribution < 1.29 is 0 Å². The maximum atomic E-state index is 3.55. The highest BCUT2D eigenvalue weighted by molar-refractivity contribution is 9.10. The molecule has 0 saturated carbocycles. The Morgan fingerprint density at radius 3 is 2.83 bits per heavy atom. The van der Waals surface area contributed by atoms with E-state index in [-0.39, 0.29) is 0 Å². The smallest absolute Gasteiger partial charge is 0.0323 e. The highest BCUT2D eigenvalue weighted by Gasteiger charge is 2.31. The lowest BCUT2D eigenvalue weighted by Gasteiger charge is -2.35. The summed E-state index contributed by atoms with van der Waals surface area (Å²) in [5.74, 6) is 2.62. The number of nitrogens with one attached hydrogen (secondary N) is 1. The monoisotopic (exact) mass is 365 g/mol. The quantitative estimate of drug-likeness (QED) is 0.836. The Kier molecular flexibility index (Phi) is 6.41. The Hall–Kier alpha value is 0.840. The van der Waals surface area contributed by atoms with Crippen LogP contribution in [0.1, 0.15) is 18.2 Å². The van der Waals surface area contributed by atoms with Gasteiger partial charge in [0.05, 0.1) is 0 Å². The van der Waals surface area contributed by atoms with Crippen LogP contribution in [0.3, 0.4) is 0 Å². The first-order valence-electron chi connectivity index (χ1n) is 6.38. The van der Waals surface area contributed by atoms with Gasteiger partial charge in [-0.05, 0) is 41.9 Å². The predicted octanol–water partition coefficient (Wildman–Crippen LogP) is 4.27. The van der Waals surface area contributed by atoms with E-state index >= 15 is 0 Å². The lowest BCUT2D eigenvalue weighted by atomic mass is 10.0. The molecule has 3 atom stereocenters. The van der Waals surface area contributed by atoms with Gasteiger partial charge in [0.15, 0.2) is 0 Å². The summed E-state index contributed by atoms with van der Waals surface area (Å²) >= 11 is 9.74. The fourth-order valence-corrected chi connectivity index (χ4v) is 7.19. The van der Waals surface area contributed by atoms with Gasteiger partial charge in [0.2, 0.25) is 0 Å². The molecule has 0 amide bonds. The molecular formula is C13H20BrNS3. The second-order valence-electron chi connectivity index (χ2n) is 4.48. The minimum absolute atomic E-state index is 0.596. The first-order chi connectivity index (χ1) is 8.74. The van der Waals surface area contributed by atoms with Crippen molar-refractivity contribution in [3.8, 4) is 0 Å². The second-order valence-corrected chi connectivity index (χ2v) is 9.03. The van der Waals surface area contributed by atoms with Crippen LogP contribution in [0.15, 0.2) is 15.9 Å². The van der Waals surface area contributed by atoms with Crippen LogP contribution in [0.5, 0.6) is 0 Å². The Morgan fingerprint density at radius 2 is 2.22 bits per heavy atom. The van der Waals surface area contributed by atoms with Crippen LogP contribution in [-0.2, 0) is 6.42 Å². The molecule has 2 rings (SSSR count). The highest BCUT2D eigenvalue weighted by atomic mass is 79.9. The van der Waals surface area contributed by atoms with Gasteiger partial charge in [0.25, 0.3) is 0 Å². The maximum Gasteiger partial charge on any atom is 0.0323 e. The summed E-state index contributed by atoms with van der Waals surface area (Å²) in [6, 6.07) is 2.86. The zero-order valence-corrected chi connectivity index (χ0v) is 14.9. The molecule has 102 valence electrons. The number of likely N-dealkylation sites (N-methyl/N-ethyl adjacent to an activating group) is 1. The number of thiophene rings is 1. The maximum absolute atomic E-state index is 3.55. The molecule has 1 N–H and O–H groups in total. The van der Waals surface area contributed by atoms with E-state index in [1.165, 1.54) is 27.3 Å². The van der Waals surface area contributed by atoms with Crippen molar-refractivity contribution in [3.63, 3.8) is 0 Å². The van der Waals surface area contributed by atoms with Crippen molar-refractivity contribution in [1.82, 2.24) is 5.32 Å². The predicted molar refractivity (Wildman–Crippen MR) is 91.4 cm³/mol. The van der Waals surface area contributed by atoms with Crippen LogP contribution in [0.25, 0.3) is 0 Å². The Labute approximate surface area is 131 Å². The van der Waals surface area contributed by atoms with E-state index in [0.717, 1.165) is 16.9 Å². The molecule has 5 heteroatoms. The zero-order chi connectivity index (χ0) is 13.0. The average Bonchev–Trinajstić information content (AvgIpc) is 2.81. The Morgan fingerprint density at radius 1 is 1.44 bits per heavy atom. The molecule has 18 heavy (non-hydrogen) atoms. The molecule has 1 aromatic heterocycles. The highest BCUT2D eigenvalue weighted by Crippen LogP contribution is 2.36. The van der Waals surface area contributed by atoms with Crippen molar-refractivity contribution in [2.45, 2.75) is 36.3 Å². The van der Waals surface area contributed by atoms with E-state index < -0.39 is 0 Å². The molecule has 0 bridgehead atoms. The van der Waals surface area contributed by atoms with Gasteiger partial charge in [-0.3, -0.25) is 0 Å². The minimum atomic E-state index is 0.596. The first-order valence-corrected chi connectivity index (χ1v) is 10.1. The van der Waals surface area contributed by atoms with Crippen LogP contribution in [0.4, 0.5) is 0 Å². The molecule has 0 spiro atoms. The summed E-state index contributed by atoms with van der Waals surface area (Å²) < 4.78 is 1.22. The molecular weight excluding hydrogens is 346 g/mol. The molecule has 0 aromatic carbocycles. The van der Waals surface area contributed by atoms with Gasteiger partial charge in [-0.2, -0.15) is 23.5 Å². The van der Waals surface area contributed by atoms with Gasteiger partial charge in [-0.15, -0.1) is 11.3 Å². The van der Waals surface area contributed by atoms with Crippen molar-refractivity contribution in [1.29, 1.82) is 0 Å². The van der Waals surface area contributed by atoms with Gasteiger partial charge in [-0.1, -0.05) is 6.92 Å². The van der Waals surface area contributed by atoms with Gasteiger partial charge in [-0.25, -0.2) is 0 Å². The van der Waals surface area contributed by atoms with Crippen LogP contribution in [0.2, 0.25) is 0 Å². The van der Waals surface area contributed by atoms with Crippen molar-refractivity contribution >= 4 is 50.8 Å². The standard InChI is InChI=1S/C13H20BrNS3/c1-3-12-13(17-5-4-16-12)11(15-2)7-10-6-9(14)8-18-10/h6,8,11-13,15H,3-5,7H2,1-2H3. The van der Waals surface area contributed by atoms with Crippen LogP contribution in [-0.4, -0.2) is 35.1 Å². The summed E-state index contributed by atoms with van der Waals surface area (Å²) in [5.41, 5.74) is 0. The van der Waals surface area contributed by atoms with Crippen LogP contribution >= 0.6 is 50.8 Å². The number of rotatable bonds is 5. The zero-order valence-electron chi connectivity index (χ0n) is 10.8. The fourth-order valence-electron chi connectivity index (χ4n) is 2.37. The van der Waals surface area contributed by atoms with E-state index in [1.807, 2.05) is 11.3 Å². The number of halogens is 1. The normalized spacial score (nSPS) is 26.2. The molecule has 3 unspecified atom stereocenters. The summed E-state index contributed by atoms with van der Waals surface area (Å²) in [4.78, 5) is 1.48. The van der Waals surface area contributed by atoms with Gasteiger partial charge in [0.1, 0.15) is 0 Å². The third-order valence-corrected chi connectivity index (χ3v) is 8.43. The lowest BCUT2D eigenvalue weighted by molar-refractivity contribution is 0.520. The largest absolute Gasteiger partial charge is 0.315 e. The topological polar surface area (TPSA) is 12.0 Å². The van der Waals surface area contributed by atoms with E-state index in [9.17, 15) is 0 Å². The summed E-state index contributed by atoms with van der Waals surface area (Å²) in [5, 5.41) is 7.29. The average molecular weight is 366 g/mol. The van der Waals surface area contributed by atoms with Crippen molar-refractivity contribution in [2.24, 2.45) is 0 Å². The third kappa shape index (κ3) is 3.92. The minimum Gasteiger partial charge on any atom is -0.315 e. The number of thioether (sulfide) groups is 2. The molecule has 1 nitrogen and oxygen atoms in total. The van der Waals surface area contributed by atoms with E-state index in [1.54, 1.807) is 0 Å². The van der Waals surface area contributed by atoms with E-state index in [2.05, 4.69) is 70.2 Å². The van der Waals surface area contributed by atoms with E-state index in [4.69, 9.17) is 0 Å². The van der Waals surface area contributed by atoms with E-state index in [0.29, 0.717) is 6.04 Å². The molecule has 1 aliphatic heterocycles. The fraction of sp³-hybridized carbons (Fsp3) is 0.692. The molecule has 1 aromatic rings. The SMILES string of the molecule is CCC1SCCSC1C(Cc1cc(Br)cs1)NC. The van der Waals surface area contributed by atoms with Gasteiger partial charge in [0, 0.05) is 42.8 Å². The Balaban J connectivity index is 2.02. The lowest BCUT2D eigenvalue weighted by Crippen LogP contribution is -2.44. The third-order valence-electron chi connectivity index (χ3n) is 3.30. The molecule has 0 radical (unpaired) electrons. The molecule has 1 aliphatic rings. The van der Waals surface area contributed by atoms with Gasteiger partial charge >= 0.3 is 0 Å². The summed E-state index contributed by atoms with van der Waals surface area (Å²) in [6.45, 7) is 2.32. The summed E-state index contributed by atoms with van der Waals surface area (Å²) in [7, 11) is 2.11. The molecule has 1 fully saturated rings.